The van der Waals surface area contributed by atoms with Crippen LogP contribution in [0.5, 0.6) is 0 Å². The first-order chi connectivity index (χ1) is 15.7. The van der Waals surface area contributed by atoms with Crippen LogP contribution in [-0.4, -0.2) is 37.6 Å². The Hall–Kier alpha value is -2.71. The number of hydrogen-bond donors (Lipinski definition) is 2. The molecule has 0 bridgehead atoms. The Balaban J connectivity index is 1.85. The average molecular weight is 472 g/mol. The van der Waals surface area contributed by atoms with E-state index in [4.69, 9.17) is 0 Å². The molecule has 33 heavy (non-hydrogen) atoms. The van der Waals surface area contributed by atoms with Crippen LogP contribution in [-0.2, 0) is 26.0 Å². The van der Waals surface area contributed by atoms with Crippen molar-refractivity contribution < 1.29 is 18.0 Å². The summed E-state index contributed by atoms with van der Waals surface area (Å²) in [6.45, 7) is 6.81. The number of rotatable bonds is 9. The van der Waals surface area contributed by atoms with Crippen molar-refractivity contribution in [3.63, 3.8) is 0 Å². The van der Waals surface area contributed by atoms with Gasteiger partial charge in [-0.25, -0.2) is 8.42 Å². The van der Waals surface area contributed by atoms with Crippen molar-refractivity contribution in [1.29, 1.82) is 0 Å². The molecule has 1 atom stereocenters. The molecule has 0 spiro atoms. The predicted molar refractivity (Wildman–Crippen MR) is 129 cm³/mol. The lowest BCUT2D eigenvalue weighted by Gasteiger charge is -2.36. The maximum atomic E-state index is 13.6. The van der Waals surface area contributed by atoms with Crippen LogP contribution in [0.2, 0.25) is 0 Å². The molecule has 2 N–H and O–H groups in total. The Morgan fingerprint density at radius 1 is 1.06 bits per heavy atom. The summed E-state index contributed by atoms with van der Waals surface area (Å²) in [5, 5.41) is 5.66. The molecule has 1 aliphatic rings. The molecule has 0 aromatic heterocycles. The summed E-state index contributed by atoms with van der Waals surface area (Å²) in [7, 11) is -3.84. The monoisotopic (exact) mass is 471 g/mol. The van der Waals surface area contributed by atoms with Crippen LogP contribution in [0.3, 0.4) is 0 Å². The van der Waals surface area contributed by atoms with Gasteiger partial charge in [0.15, 0.2) is 0 Å². The van der Waals surface area contributed by atoms with Crippen LogP contribution < -0.4 is 10.6 Å². The summed E-state index contributed by atoms with van der Waals surface area (Å²) >= 11 is 0. The third kappa shape index (κ3) is 6.21. The zero-order valence-corrected chi connectivity index (χ0v) is 20.3. The van der Waals surface area contributed by atoms with E-state index in [9.17, 15) is 18.0 Å². The first-order valence-corrected chi connectivity index (χ1v) is 12.9. The van der Waals surface area contributed by atoms with Gasteiger partial charge in [-0.05, 0) is 54.2 Å². The van der Waals surface area contributed by atoms with Gasteiger partial charge in [0.25, 0.3) is 0 Å². The van der Waals surface area contributed by atoms with Gasteiger partial charge in [-0.3, -0.25) is 9.59 Å². The van der Waals surface area contributed by atoms with Crippen LogP contribution in [0, 0.1) is 5.92 Å². The second-order valence-electron chi connectivity index (χ2n) is 8.74. The average Bonchev–Trinajstić information content (AvgIpc) is 2.79. The summed E-state index contributed by atoms with van der Waals surface area (Å²) in [6, 6.07) is 13.3. The number of hydrogen-bond acceptors (Lipinski definition) is 4. The van der Waals surface area contributed by atoms with E-state index in [0.717, 1.165) is 17.5 Å². The molecule has 1 aliphatic heterocycles. The van der Waals surface area contributed by atoms with Gasteiger partial charge < -0.3 is 10.6 Å². The van der Waals surface area contributed by atoms with Crippen molar-refractivity contribution in [3.05, 3.63) is 59.7 Å². The maximum Gasteiger partial charge on any atom is 0.243 e. The molecular formula is C25H33N3O4S. The first-order valence-electron chi connectivity index (χ1n) is 11.5. The van der Waals surface area contributed by atoms with E-state index in [1.165, 1.54) is 16.4 Å². The van der Waals surface area contributed by atoms with E-state index in [1.807, 2.05) is 24.3 Å². The number of fused-ring (bicyclic) bond motifs is 1. The summed E-state index contributed by atoms with van der Waals surface area (Å²) in [4.78, 5) is 24.5. The Bertz CT molecular complexity index is 1080. The molecule has 2 aromatic carbocycles. The second kappa shape index (κ2) is 10.9. The Morgan fingerprint density at radius 2 is 1.76 bits per heavy atom. The number of anilines is 1. The molecule has 1 heterocycles. The van der Waals surface area contributed by atoms with Gasteiger partial charge in [-0.15, -0.1) is 0 Å². The fraction of sp³-hybridized carbons (Fsp3) is 0.440. The topological polar surface area (TPSA) is 95.6 Å². The lowest BCUT2D eigenvalue weighted by atomic mass is 9.92. The van der Waals surface area contributed by atoms with Gasteiger partial charge in [0.05, 0.1) is 10.9 Å². The largest absolute Gasteiger partial charge is 0.356 e. The first kappa shape index (κ1) is 24.9. The zero-order valence-electron chi connectivity index (χ0n) is 19.5. The van der Waals surface area contributed by atoms with Crippen LogP contribution in [0.1, 0.15) is 57.2 Å². The molecular weight excluding hydrogens is 438 g/mol. The van der Waals surface area contributed by atoms with Crippen molar-refractivity contribution in [2.24, 2.45) is 5.92 Å². The summed E-state index contributed by atoms with van der Waals surface area (Å²) in [5.74, 6) is 0.180. The van der Waals surface area contributed by atoms with E-state index in [2.05, 4.69) is 24.5 Å². The van der Waals surface area contributed by atoms with E-state index in [-0.39, 0.29) is 23.1 Å². The van der Waals surface area contributed by atoms with Gasteiger partial charge in [-0.1, -0.05) is 45.0 Å². The van der Waals surface area contributed by atoms with Crippen molar-refractivity contribution in [2.45, 2.75) is 57.4 Å². The molecule has 2 amide bonds. The number of benzene rings is 2. The van der Waals surface area contributed by atoms with Gasteiger partial charge in [0.2, 0.25) is 21.8 Å². The predicted octanol–water partition coefficient (Wildman–Crippen LogP) is 3.88. The van der Waals surface area contributed by atoms with Crippen LogP contribution in [0.25, 0.3) is 0 Å². The zero-order chi connectivity index (χ0) is 24.0. The number of nitrogens with zero attached hydrogens (tertiary/aromatic N) is 1. The summed E-state index contributed by atoms with van der Waals surface area (Å²) in [5.41, 5.74) is 2.49. The van der Waals surface area contributed by atoms with Gasteiger partial charge >= 0.3 is 0 Å². The van der Waals surface area contributed by atoms with E-state index < -0.39 is 16.1 Å². The number of carbonyl (C=O) groups excluding carboxylic acids is 2. The molecule has 3 rings (SSSR count). The molecule has 1 unspecified atom stereocenters. The fourth-order valence-corrected chi connectivity index (χ4v) is 5.58. The molecule has 178 valence electrons. The third-order valence-electron chi connectivity index (χ3n) is 5.85. The van der Waals surface area contributed by atoms with E-state index in [0.29, 0.717) is 37.5 Å². The number of amides is 2. The lowest BCUT2D eigenvalue weighted by Crippen LogP contribution is -2.42. The quantitative estimate of drug-likeness (QED) is 0.580. The number of carbonyl (C=O) groups is 2. The Labute approximate surface area is 196 Å². The molecule has 8 heteroatoms. The fourth-order valence-electron chi connectivity index (χ4n) is 3.97. The highest BCUT2D eigenvalue weighted by atomic mass is 32.2. The third-order valence-corrected chi connectivity index (χ3v) is 7.77. The molecule has 0 radical (unpaired) electrons. The van der Waals surface area contributed by atoms with Crippen LogP contribution in [0.15, 0.2) is 53.4 Å². The molecule has 7 nitrogen and oxygen atoms in total. The Kier molecular flexibility index (Phi) is 8.26. The minimum atomic E-state index is -3.84. The van der Waals surface area contributed by atoms with Crippen LogP contribution in [0.4, 0.5) is 5.69 Å². The van der Waals surface area contributed by atoms with Crippen molar-refractivity contribution in [1.82, 2.24) is 9.62 Å². The van der Waals surface area contributed by atoms with Gasteiger partial charge in [0.1, 0.15) is 0 Å². The summed E-state index contributed by atoms with van der Waals surface area (Å²) in [6.07, 6.45) is 1.87. The molecule has 0 aliphatic carbocycles. The highest BCUT2D eigenvalue weighted by molar-refractivity contribution is 7.89. The highest BCUT2D eigenvalue weighted by Gasteiger charge is 2.37. The Morgan fingerprint density at radius 3 is 2.42 bits per heavy atom. The normalized spacial score (nSPS) is 16.3. The highest BCUT2D eigenvalue weighted by Crippen LogP contribution is 2.36. The second-order valence-corrected chi connectivity index (χ2v) is 10.6. The number of sulfonamides is 1. The lowest BCUT2D eigenvalue weighted by molar-refractivity contribution is -0.122. The molecule has 0 saturated heterocycles. The minimum absolute atomic E-state index is 0.0684. The summed E-state index contributed by atoms with van der Waals surface area (Å²) < 4.78 is 28.6. The van der Waals surface area contributed by atoms with E-state index in [1.54, 1.807) is 19.1 Å². The van der Waals surface area contributed by atoms with Crippen molar-refractivity contribution in [3.8, 4) is 0 Å². The van der Waals surface area contributed by atoms with Gasteiger partial charge in [0, 0.05) is 31.6 Å². The van der Waals surface area contributed by atoms with Crippen LogP contribution >= 0.6 is 0 Å². The van der Waals surface area contributed by atoms with Crippen molar-refractivity contribution >= 4 is 27.5 Å². The SMILES string of the molecule is CCC(=O)Nc1ccc(S(=O)(=O)N2CCc3ccccc3C2CC(=O)NCCC(C)C)cc1. The molecule has 0 saturated carbocycles. The maximum absolute atomic E-state index is 13.6. The molecule has 2 aromatic rings. The van der Waals surface area contributed by atoms with Crippen molar-refractivity contribution in [2.75, 3.05) is 18.4 Å². The number of nitrogens with one attached hydrogen (secondary N) is 2. The van der Waals surface area contributed by atoms with Gasteiger partial charge in [-0.2, -0.15) is 4.31 Å². The minimum Gasteiger partial charge on any atom is -0.356 e. The standard InChI is InChI=1S/C25H33N3O4S/c1-4-24(29)27-20-9-11-21(12-10-20)33(31,32)28-16-14-19-7-5-6-8-22(19)23(28)17-25(30)26-15-13-18(2)3/h5-12,18,23H,4,13-17H2,1-3H3,(H,26,30)(H,27,29). The smallest absolute Gasteiger partial charge is 0.243 e. The van der Waals surface area contributed by atoms with E-state index >= 15 is 0 Å². The molecule has 0 fully saturated rings.